The van der Waals surface area contributed by atoms with Crippen LogP contribution >= 0.6 is 0 Å². The molecule has 0 heterocycles. The predicted molar refractivity (Wildman–Crippen MR) is 145 cm³/mol. The van der Waals surface area contributed by atoms with E-state index in [0.29, 0.717) is 119 Å². The van der Waals surface area contributed by atoms with Crippen LogP contribution in [0.25, 0.3) is 0 Å². The Hall–Kier alpha value is -0.223. The molecule has 0 spiro atoms. The summed E-state index contributed by atoms with van der Waals surface area (Å²) in [5, 5.41) is 0. The van der Waals surface area contributed by atoms with Crippen molar-refractivity contribution in [2.24, 2.45) is 0 Å². The van der Waals surface area contributed by atoms with Crippen LogP contribution in [0.2, 0.25) is 19.6 Å². The van der Waals surface area contributed by atoms with Gasteiger partial charge in [0.05, 0.1) is 126 Å². The first-order valence-electron chi connectivity index (χ1n) is 13.4. The predicted octanol–water partition coefficient (Wildman–Crippen LogP) is 1.55. The molecule has 0 radical (unpaired) electrons. The topological polar surface area (TPSA) is 95.5 Å². The molecule has 0 N–H and O–H groups in total. The van der Waals surface area contributed by atoms with Crippen molar-refractivity contribution in [1.29, 1.82) is 0 Å². The van der Waals surface area contributed by atoms with Crippen LogP contribution in [-0.2, 0) is 47.1 Å². The molecular weight excluding hydrogens is 502 g/mol. The van der Waals surface area contributed by atoms with Gasteiger partial charge in [0.1, 0.15) is 0 Å². The average molecular weight is 558 g/mol. The van der Waals surface area contributed by atoms with E-state index in [-0.39, 0.29) is 0 Å². The van der Waals surface area contributed by atoms with E-state index in [4.69, 9.17) is 47.1 Å². The third kappa shape index (κ3) is 35.8. The number of rotatable bonds is 31. The SMILES string of the molecule is CN(C)CCOCCOCCOCCOCCOCCOCCOCCOCCOCCO[Si](C)(C)C. The van der Waals surface area contributed by atoms with Crippen molar-refractivity contribution in [3.8, 4) is 0 Å². The summed E-state index contributed by atoms with van der Waals surface area (Å²) in [6.07, 6.45) is 0. The monoisotopic (exact) mass is 557 g/mol. The van der Waals surface area contributed by atoms with Gasteiger partial charge in [0.15, 0.2) is 8.32 Å². The third-order valence-electron chi connectivity index (χ3n) is 4.42. The number of hydrogen-bond donors (Lipinski definition) is 0. The molecule has 12 heteroatoms. The zero-order valence-electron chi connectivity index (χ0n) is 24.2. The summed E-state index contributed by atoms with van der Waals surface area (Å²) in [6.45, 7) is 18.2. The van der Waals surface area contributed by atoms with E-state index in [9.17, 15) is 0 Å². The summed E-state index contributed by atoms with van der Waals surface area (Å²) in [5.74, 6) is 0. The molecule has 0 aliphatic rings. The summed E-state index contributed by atoms with van der Waals surface area (Å²) in [4.78, 5) is 2.08. The molecule has 0 saturated heterocycles. The standard InChI is InChI=1S/C25H55NO10Si/c1-26(2)6-7-27-8-9-28-10-11-29-12-13-30-14-15-31-16-17-32-18-19-33-20-21-34-22-23-35-24-25-36-37(3,4)5/h6-25H2,1-5H3. The summed E-state index contributed by atoms with van der Waals surface area (Å²) < 4.78 is 54.8. The highest BCUT2D eigenvalue weighted by molar-refractivity contribution is 6.69. The first-order valence-corrected chi connectivity index (χ1v) is 16.8. The Morgan fingerprint density at radius 1 is 0.351 bits per heavy atom. The van der Waals surface area contributed by atoms with E-state index in [1.807, 2.05) is 14.1 Å². The van der Waals surface area contributed by atoms with Crippen LogP contribution in [0.5, 0.6) is 0 Å². The molecule has 0 amide bonds. The molecule has 0 aromatic carbocycles. The van der Waals surface area contributed by atoms with Gasteiger partial charge in [-0.25, -0.2) is 0 Å². The van der Waals surface area contributed by atoms with Gasteiger partial charge in [-0.05, 0) is 33.7 Å². The number of likely N-dealkylation sites (N-methyl/N-ethyl adjacent to an activating group) is 1. The van der Waals surface area contributed by atoms with Gasteiger partial charge in [0, 0.05) is 6.54 Å². The summed E-state index contributed by atoms with van der Waals surface area (Å²) in [5.41, 5.74) is 0. The maximum absolute atomic E-state index is 5.71. The number of hydrogen-bond acceptors (Lipinski definition) is 11. The smallest absolute Gasteiger partial charge is 0.183 e. The van der Waals surface area contributed by atoms with Crippen molar-refractivity contribution in [2.45, 2.75) is 19.6 Å². The highest BCUT2D eigenvalue weighted by atomic mass is 28.4. The first kappa shape index (κ1) is 36.8. The summed E-state index contributed by atoms with van der Waals surface area (Å²) in [7, 11) is 2.60. The van der Waals surface area contributed by atoms with Crippen molar-refractivity contribution in [1.82, 2.24) is 4.90 Å². The van der Waals surface area contributed by atoms with E-state index in [2.05, 4.69) is 24.5 Å². The Morgan fingerprint density at radius 3 is 0.784 bits per heavy atom. The van der Waals surface area contributed by atoms with Gasteiger partial charge in [0.2, 0.25) is 0 Å². The molecule has 0 rings (SSSR count). The van der Waals surface area contributed by atoms with Crippen LogP contribution in [0.1, 0.15) is 0 Å². The minimum atomic E-state index is -1.44. The van der Waals surface area contributed by atoms with Gasteiger partial charge in [0.25, 0.3) is 0 Å². The lowest BCUT2D eigenvalue weighted by Gasteiger charge is -2.16. The molecule has 0 aliphatic heterocycles. The second-order valence-corrected chi connectivity index (χ2v) is 13.8. The quantitative estimate of drug-likeness (QED) is 0.0918. The highest BCUT2D eigenvalue weighted by Gasteiger charge is 2.13. The van der Waals surface area contributed by atoms with Gasteiger partial charge in [-0.2, -0.15) is 0 Å². The first-order chi connectivity index (χ1) is 17.9. The van der Waals surface area contributed by atoms with Crippen LogP contribution in [0.3, 0.4) is 0 Å². The van der Waals surface area contributed by atoms with Crippen molar-refractivity contribution in [3.63, 3.8) is 0 Å². The molecule has 0 aromatic heterocycles. The van der Waals surface area contributed by atoms with E-state index < -0.39 is 8.32 Å². The van der Waals surface area contributed by atoms with Gasteiger partial charge < -0.3 is 52.0 Å². The third-order valence-corrected chi connectivity index (χ3v) is 5.49. The molecule has 224 valence electrons. The fourth-order valence-corrected chi connectivity index (χ4v) is 3.21. The average Bonchev–Trinajstić information content (AvgIpc) is 2.84. The van der Waals surface area contributed by atoms with Crippen molar-refractivity contribution < 1.29 is 47.1 Å². The Balaban J connectivity index is 3.05. The van der Waals surface area contributed by atoms with Crippen molar-refractivity contribution in [3.05, 3.63) is 0 Å². The minimum Gasteiger partial charge on any atom is -0.415 e. The molecule has 0 aromatic rings. The minimum absolute atomic E-state index is 0.530. The van der Waals surface area contributed by atoms with E-state index in [1.165, 1.54) is 0 Å². The fourth-order valence-electron chi connectivity index (χ4n) is 2.52. The van der Waals surface area contributed by atoms with Gasteiger partial charge in [-0.1, -0.05) is 0 Å². The summed E-state index contributed by atoms with van der Waals surface area (Å²) >= 11 is 0. The molecule has 11 nitrogen and oxygen atoms in total. The zero-order valence-corrected chi connectivity index (χ0v) is 25.2. The fraction of sp³-hybridized carbons (Fsp3) is 1.00. The molecule has 0 aliphatic carbocycles. The Labute approximate surface area is 226 Å². The molecule has 0 unspecified atom stereocenters. The van der Waals surface area contributed by atoms with E-state index in [0.717, 1.165) is 13.2 Å². The lowest BCUT2D eigenvalue weighted by Crippen LogP contribution is -2.27. The lowest BCUT2D eigenvalue weighted by atomic mass is 10.6. The normalized spacial score (nSPS) is 12.2. The summed E-state index contributed by atoms with van der Waals surface area (Å²) in [6, 6.07) is 0. The Kier molecular flexibility index (Phi) is 28.6. The van der Waals surface area contributed by atoms with Crippen LogP contribution in [0, 0.1) is 0 Å². The Bertz CT molecular complexity index is 444. The molecule has 0 fully saturated rings. The van der Waals surface area contributed by atoms with Crippen molar-refractivity contribution >= 4 is 8.32 Å². The van der Waals surface area contributed by atoms with Crippen LogP contribution in [0.15, 0.2) is 0 Å². The molecule has 37 heavy (non-hydrogen) atoms. The molecule has 0 saturated carbocycles. The molecular formula is C25H55NO10Si. The highest BCUT2D eigenvalue weighted by Crippen LogP contribution is 2.01. The van der Waals surface area contributed by atoms with Gasteiger partial charge in [-0.3, -0.25) is 0 Å². The number of nitrogens with zero attached hydrogens (tertiary/aromatic N) is 1. The maximum Gasteiger partial charge on any atom is 0.183 e. The zero-order chi connectivity index (χ0) is 27.3. The van der Waals surface area contributed by atoms with Crippen LogP contribution < -0.4 is 0 Å². The van der Waals surface area contributed by atoms with Crippen LogP contribution in [0.4, 0.5) is 0 Å². The van der Waals surface area contributed by atoms with Crippen LogP contribution in [-0.4, -0.2) is 159 Å². The maximum atomic E-state index is 5.71. The molecule has 0 atom stereocenters. The van der Waals surface area contributed by atoms with Crippen molar-refractivity contribution in [2.75, 3.05) is 146 Å². The Morgan fingerprint density at radius 2 is 0.568 bits per heavy atom. The van der Waals surface area contributed by atoms with Gasteiger partial charge in [-0.15, -0.1) is 0 Å². The lowest BCUT2D eigenvalue weighted by molar-refractivity contribution is -0.0255. The molecule has 0 bridgehead atoms. The second kappa shape index (κ2) is 28.8. The second-order valence-electron chi connectivity index (χ2n) is 9.28. The largest absolute Gasteiger partial charge is 0.415 e. The number of ether oxygens (including phenoxy) is 9. The van der Waals surface area contributed by atoms with Gasteiger partial charge >= 0.3 is 0 Å². The van der Waals surface area contributed by atoms with E-state index >= 15 is 0 Å². The van der Waals surface area contributed by atoms with E-state index in [1.54, 1.807) is 0 Å².